The number of phosphoric acid groups is 3. The van der Waals surface area contributed by atoms with Crippen LogP contribution in [0.15, 0.2) is 20.9 Å². The maximum absolute atomic E-state index is 12.9. The second kappa shape index (κ2) is 10.4. The Morgan fingerprint density at radius 2 is 1.86 bits per heavy atom. The van der Waals surface area contributed by atoms with Crippen LogP contribution in [0.25, 0.3) is 10.4 Å². The Morgan fingerprint density at radius 1 is 1.20 bits per heavy atom. The average Bonchev–Trinajstić information content (AvgIpc) is 3.43. The molecular weight excluding hydrogens is 543 g/mol. The fourth-order valence-electron chi connectivity index (χ4n) is 3.20. The standard InChI is InChI=1S/C13H20N5O14P3/c1-7-3-17(13(20)18(12(7)19)4-8-5-28-8)11-2-9(15-16-14)10(30-11)6-29-34(24,25)32-35(26,27)31-33(21,22)23/h3,8-11H,2,4-6H2,1H3,(H,24,25)(H,26,27)(H2,21,22,23)/t8?,9-,10+,11+/m0/s1. The lowest BCUT2D eigenvalue weighted by Gasteiger charge is -2.20. The van der Waals surface area contributed by atoms with Gasteiger partial charge in [0, 0.05) is 23.1 Å². The van der Waals surface area contributed by atoms with Gasteiger partial charge < -0.3 is 29.0 Å². The van der Waals surface area contributed by atoms with Crippen LogP contribution in [0.3, 0.4) is 0 Å². The molecule has 35 heavy (non-hydrogen) atoms. The van der Waals surface area contributed by atoms with E-state index < -0.39 is 59.7 Å². The smallest absolute Gasteiger partial charge is 0.371 e. The van der Waals surface area contributed by atoms with Gasteiger partial charge in [-0.1, -0.05) is 5.11 Å². The topological polar surface area (TPSA) is 274 Å². The van der Waals surface area contributed by atoms with Crippen LogP contribution in [0.1, 0.15) is 18.2 Å². The van der Waals surface area contributed by atoms with Crippen LogP contribution in [0.2, 0.25) is 0 Å². The minimum atomic E-state index is -5.73. The number of phosphoric ester groups is 1. The Labute approximate surface area is 194 Å². The Morgan fingerprint density at radius 3 is 2.43 bits per heavy atom. The summed E-state index contributed by atoms with van der Waals surface area (Å²) in [4.78, 5) is 63.8. The molecule has 0 aliphatic carbocycles. The summed E-state index contributed by atoms with van der Waals surface area (Å²) in [5.74, 6) is 0. The maximum atomic E-state index is 12.9. The van der Waals surface area contributed by atoms with E-state index in [0.29, 0.717) is 6.61 Å². The van der Waals surface area contributed by atoms with Gasteiger partial charge in [0.05, 0.1) is 38.0 Å². The van der Waals surface area contributed by atoms with Gasteiger partial charge in [-0.2, -0.15) is 8.62 Å². The second-order valence-corrected chi connectivity index (χ2v) is 11.8. The molecule has 1 aromatic rings. The zero-order valence-corrected chi connectivity index (χ0v) is 20.3. The van der Waals surface area contributed by atoms with Crippen LogP contribution in [-0.4, -0.2) is 60.2 Å². The van der Waals surface area contributed by atoms with Crippen LogP contribution in [0, 0.1) is 6.92 Å². The molecule has 196 valence electrons. The normalized spacial score (nSPS) is 27.6. The number of aromatic nitrogens is 2. The molecule has 0 bridgehead atoms. The number of nitrogens with zero attached hydrogens (tertiary/aromatic N) is 5. The molecule has 3 unspecified atom stereocenters. The lowest BCUT2D eigenvalue weighted by molar-refractivity contribution is -0.0274. The molecule has 0 spiro atoms. The van der Waals surface area contributed by atoms with Crippen molar-refractivity contribution in [2.45, 2.75) is 44.4 Å². The molecule has 0 aromatic carbocycles. The Bertz CT molecular complexity index is 1280. The molecule has 0 radical (unpaired) electrons. The SMILES string of the molecule is Cc1cn([C@H]2C[C@H](N=[N+]=[N-])[C@@H](COP(=O)(O)OP(=O)(O)OP(=O)(O)O)O2)c(=O)n(CC2CO2)c1=O. The van der Waals surface area contributed by atoms with Gasteiger partial charge >= 0.3 is 29.2 Å². The van der Waals surface area contributed by atoms with Gasteiger partial charge in [0.15, 0.2) is 0 Å². The summed E-state index contributed by atoms with van der Waals surface area (Å²) in [5, 5.41) is 3.48. The van der Waals surface area contributed by atoms with Gasteiger partial charge in [-0.25, -0.2) is 18.5 Å². The first-order valence-corrected chi connectivity index (χ1v) is 14.0. The van der Waals surface area contributed by atoms with Crippen molar-refractivity contribution in [2.24, 2.45) is 5.11 Å². The van der Waals surface area contributed by atoms with Crippen molar-refractivity contribution < 1.29 is 55.9 Å². The minimum Gasteiger partial charge on any atom is -0.371 e. The molecule has 2 aliphatic heterocycles. The van der Waals surface area contributed by atoms with E-state index in [0.717, 1.165) is 9.13 Å². The zero-order valence-electron chi connectivity index (χ0n) is 17.7. The molecule has 19 nitrogen and oxygen atoms in total. The fraction of sp³-hybridized carbons (Fsp3) is 0.692. The Kier molecular flexibility index (Phi) is 8.26. The van der Waals surface area contributed by atoms with Gasteiger partial charge in [0.25, 0.3) is 5.56 Å². The van der Waals surface area contributed by atoms with Gasteiger partial charge in [0.2, 0.25) is 0 Å². The first kappa shape index (κ1) is 27.9. The van der Waals surface area contributed by atoms with E-state index in [2.05, 4.69) is 23.2 Å². The largest absolute Gasteiger partial charge is 0.490 e. The van der Waals surface area contributed by atoms with Gasteiger partial charge in [-0.05, 0) is 12.5 Å². The van der Waals surface area contributed by atoms with E-state index in [1.54, 1.807) is 0 Å². The first-order valence-electron chi connectivity index (χ1n) is 9.53. The molecule has 0 amide bonds. The Balaban J connectivity index is 1.76. The summed E-state index contributed by atoms with van der Waals surface area (Å²) in [6.07, 6.45) is -1.55. The van der Waals surface area contributed by atoms with Crippen molar-refractivity contribution in [3.05, 3.63) is 43.0 Å². The molecule has 2 aliphatic rings. The lowest BCUT2D eigenvalue weighted by atomic mass is 10.1. The summed E-state index contributed by atoms with van der Waals surface area (Å²) in [7, 11) is -16.7. The fourth-order valence-corrected chi connectivity index (χ4v) is 6.23. The van der Waals surface area contributed by atoms with Crippen LogP contribution in [0.4, 0.5) is 0 Å². The summed E-state index contributed by atoms with van der Waals surface area (Å²) in [6.45, 7) is 0.991. The van der Waals surface area contributed by atoms with Crippen LogP contribution < -0.4 is 11.2 Å². The van der Waals surface area contributed by atoms with Crippen LogP contribution in [0.5, 0.6) is 0 Å². The molecule has 1 aromatic heterocycles. The number of epoxide rings is 1. The second-order valence-electron chi connectivity index (χ2n) is 7.40. The molecule has 4 N–H and O–H groups in total. The number of ether oxygens (including phenoxy) is 2. The van der Waals surface area contributed by atoms with E-state index in [4.69, 9.17) is 24.8 Å². The highest BCUT2D eigenvalue weighted by molar-refractivity contribution is 7.66. The van der Waals surface area contributed by atoms with Crippen molar-refractivity contribution in [3.63, 3.8) is 0 Å². The molecule has 3 rings (SSSR count). The number of hydrogen-bond acceptors (Lipinski definition) is 11. The summed E-state index contributed by atoms with van der Waals surface area (Å²) < 4.78 is 58.6. The van der Waals surface area contributed by atoms with Crippen molar-refractivity contribution in [2.75, 3.05) is 13.2 Å². The third-order valence-corrected chi connectivity index (χ3v) is 8.49. The maximum Gasteiger partial charge on any atom is 0.490 e. The van der Waals surface area contributed by atoms with Crippen molar-refractivity contribution >= 4 is 23.5 Å². The number of aryl methyl sites for hydroxylation is 1. The van der Waals surface area contributed by atoms with Gasteiger partial charge in [-0.15, -0.1) is 0 Å². The number of hydrogen-bond donors (Lipinski definition) is 4. The third-order valence-electron chi connectivity index (χ3n) is 4.69. The van der Waals surface area contributed by atoms with E-state index in [1.165, 1.54) is 13.1 Å². The first-order chi connectivity index (χ1) is 16.1. The molecule has 0 saturated carbocycles. The number of rotatable bonds is 11. The monoisotopic (exact) mass is 563 g/mol. The third kappa shape index (κ3) is 7.65. The van der Waals surface area contributed by atoms with Gasteiger partial charge in [0.1, 0.15) is 6.23 Å². The lowest BCUT2D eigenvalue weighted by Crippen LogP contribution is -2.43. The van der Waals surface area contributed by atoms with Crippen LogP contribution >= 0.6 is 23.5 Å². The van der Waals surface area contributed by atoms with E-state index in [9.17, 15) is 33.1 Å². The highest BCUT2D eigenvalue weighted by atomic mass is 31.3. The van der Waals surface area contributed by atoms with Gasteiger partial charge in [-0.3, -0.25) is 18.5 Å². The van der Waals surface area contributed by atoms with Crippen LogP contribution in [-0.2, 0) is 42.9 Å². The molecule has 2 saturated heterocycles. The zero-order chi connectivity index (χ0) is 26.2. The molecule has 22 heteroatoms. The summed E-state index contributed by atoms with van der Waals surface area (Å²) in [5.41, 5.74) is 7.75. The van der Waals surface area contributed by atoms with Crippen molar-refractivity contribution in [3.8, 4) is 0 Å². The highest BCUT2D eigenvalue weighted by Crippen LogP contribution is 2.66. The molecule has 2 fully saturated rings. The summed E-state index contributed by atoms with van der Waals surface area (Å²) >= 11 is 0. The highest BCUT2D eigenvalue weighted by Gasteiger charge is 2.43. The Hall–Kier alpha value is -1.68. The molecule has 6 atom stereocenters. The predicted octanol–water partition coefficient (Wildman–Crippen LogP) is 0.0269. The van der Waals surface area contributed by atoms with Crippen molar-refractivity contribution in [1.82, 2.24) is 9.13 Å². The number of azide groups is 1. The molecule has 3 heterocycles. The quantitative estimate of drug-likeness (QED) is 0.0909. The predicted molar refractivity (Wildman–Crippen MR) is 111 cm³/mol. The molecular formula is C13H20N5O14P3. The average molecular weight is 563 g/mol. The van der Waals surface area contributed by atoms with Crippen molar-refractivity contribution in [1.29, 1.82) is 0 Å². The van der Waals surface area contributed by atoms with E-state index >= 15 is 0 Å². The van der Waals surface area contributed by atoms with E-state index in [-0.39, 0.29) is 24.6 Å². The summed E-state index contributed by atoms with van der Waals surface area (Å²) in [6, 6.07) is -1.06. The van der Waals surface area contributed by atoms with E-state index in [1.807, 2.05) is 0 Å². The minimum absolute atomic E-state index is 0.0152.